The van der Waals surface area contributed by atoms with Gasteiger partial charge in [-0.05, 0) is 32.8 Å². The Morgan fingerprint density at radius 3 is 2.60 bits per heavy atom. The lowest BCUT2D eigenvalue weighted by atomic mass is 10.1. The first-order valence-electron chi connectivity index (χ1n) is 6.39. The number of nitrogens with one attached hydrogen (secondary N) is 2. The van der Waals surface area contributed by atoms with Gasteiger partial charge in [0.2, 0.25) is 0 Å². The quantitative estimate of drug-likeness (QED) is 0.354. The number of hydrogen-bond donors (Lipinski definition) is 2. The topological polar surface area (TPSA) is 54.2 Å². The van der Waals surface area contributed by atoms with Gasteiger partial charge < -0.3 is 10.6 Å². The molecule has 1 aromatic heterocycles. The third-order valence-corrected chi connectivity index (χ3v) is 3.13. The molecule has 1 heterocycles. The lowest BCUT2D eigenvalue weighted by Gasteiger charge is -2.17. The summed E-state index contributed by atoms with van der Waals surface area (Å²) in [6.45, 7) is 6.72. The smallest absolute Gasteiger partial charge is 0.191 e. The van der Waals surface area contributed by atoms with E-state index in [1.165, 1.54) is 11.3 Å². The number of rotatable bonds is 4. The molecule has 0 aliphatic rings. The second-order valence-corrected chi connectivity index (χ2v) is 4.65. The molecule has 0 spiro atoms. The number of halogens is 1. The van der Waals surface area contributed by atoms with Gasteiger partial charge in [0.1, 0.15) is 0 Å². The molecule has 0 saturated heterocycles. The standard InChI is InChI=1S/C14H23N5.HI/c1-7-8-16-14(15-5)17-10(2)9-13-11(3)18-19(6)12(13)4;/h1,10H,8-9H2,2-6H3,(H2,15,16,17);1H. The zero-order chi connectivity index (χ0) is 14.4. The van der Waals surface area contributed by atoms with Crippen LogP contribution in [-0.2, 0) is 13.5 Å². The first-order chi connectivity index (χ1) is 8.99. The highest BCUT2D eigenvalue weighted by Crippen LogP contribution is 2.13. The van der Waals surface area contributed by atoms with Crippen LogP contribution in [0.1, 0.15) is 23.9 Å². The van der Waals surface area contributed by atoms with E-state index < -0.39 is 0 Å². The zero-order valence-electron chi connectivity index (χ0n) is 12.8. The summed E-state index contributed by atoms with van der Waals surface area (Å²) in [5, 5.41) is 10.8. The molecule has 2 N–H and O–H groups in total. The van der Waals surface area contributed by atoms with E-state index >= 15 is 0 Å². The molecule has 1 aromatic rings. The monoisotopic (exact) mass is 389 g/mol. The molecule has 20 heavy (non-hydrogen) atoms. The molecule has 0 fully saturated rings. The molecule has 0 aliphatic heterocycles. The van der Waals surface area contributed by atoms with Gasteiger partial charge in [0.15, 0.2) is 5.96 Å². The lowest BCUT2D eigenvalue weighted by molar-refractivity contribution is 0.640. The molecule has 0 bridgehead atoms. The van der Waals surface area contributed by atoms with Crippen LogP contribution in [0, 0.1) is 26.2 Å². The average molecular weight is 389 g/mol. The molecular formula is C14H24IN5. The first-order valence-corrected chi connectivity index (χ1v) is 6.39. The van der Waals surface area contributed by atoms with Crippen LogP contribution < -0.4 is 10.6 Å². The summed E-state index contributed by atoms with van der Waals surface area (Å²) in [6.07, 6.45) is 6.13. The van der Waals surface area contributed by atoms with Gasteiger partial charge in [-0.1, -0.05) is 5.92 Å². The normalized spacial score (nSPS) is 12.3. The summed E-state index contributed by atoms with van der Waals surface area (Å²) in [7, 11) is 3.70. The van der Waals surface area contributed by atoms with Crippen molar-refractivity contribution in [1.29, 1.82) is 0 Å². The van der Waals surface area contributed by atoms with E-state index in [-0.39, 0.29) is 30.0 Å². The lowest BCUT2D eigenvalue weighted by Crippen LogP contribution is -2.43. The van der Waals surface area contributed by atoms with Crippen LogP contribution >= 0.6 is 24.0 Å². The Morgan fingerprint density at radius 1 is 1.50 bits per heavy atom. The minimum atomic E-state index is 0. The maximum atomic E-state index is 5.22. The van der Waals surface area contributed by atoms with Crippen molar-refractivity contribution in [1.82, 2.24) is 20.4 Å². The summed E-state index contributed by atoms with van der Waals surface area (Å²) < 4.78 is 1.92. The van der Waals surface area contributed by atoms with E-state index in [0.29, 0.717) is 6.54 Å². The van der Waals surface area contributed by atoms with Gasteiger partial charge in [-0.15, -0.1) is 30.4 Å². The largest absolute Gasteiger partial charge is 0.354 e. The van der Waals surface area contributed by atoms with Gasteiger partial charge in [-0.2, -0.15) is 5.10 Å². The number of hydrogen-bond acceptors (Lipinski definition) is 2. The van der Waals surface area contributed by atoms with Gasteiger partial charge >= 0.3 is 0 Å². The highest BCUT2D eigenvalue weighted by molar-refractivity contribution is 14.0. The maximum absolute atomic E-state index is 5.22. The maximum Gasteiger partial charge on any atom is 0.191 e. The van der Waals surface area contributed by atoms with Gasteiger partial charge in [0, 0.05) is 25.8 Å². The Kier molecular flexibility index (Phi) is 8.30. The second kappa shape index (κ2) is 8.84. The van der Waals surface area contributed by atoms with Crippen molar-refractivity contribution in [2.75, 3.05) is 13.6 Å². The SMILES string of the molecule is C#CCNC(=NC)NC(C)Cc1c(C)nn(C)c1C.I. The van der Waals surface area contributed by atoms with Crippen molar-refractivity contribution in [3.63, 3.8) is 0 Å². The van der Waals surface area contributed by atoms with Crippen molar-refractivity contribution in [3.05, 3.63) is 17.0 Å². The van der Waals surface area contributed by atoms with Crippen molar-refractivity contribution >= 4 is 29.9 Å². The van der Waals surface area contributed by atoms with E-state index in [4.69, 9.17) is 6.42 Å². The predicted molar refractivity (Wildman–Crippen MR) is 94.6 cm³/mol. The summed E-state index contributed by atoms with van der Waals surface area (Å²) in [4.78, 5) is 4.14. The van der Waals surface area contributed by atoms with Crippen LogP contribution in [0.15, 0.2) is 4.99 Å². The Hall–Kier alpha value is -1.23. The summed E-state index contributed by atoms with van der Waals surface area (Å²) in [5.41, 5.74) is 3.58. The van der Waals surface area contributed by atoms with E-state index in [1.807, 2.05) is 18.7 Å². The summed E-state index contributed by atoms with van der Waals surface area (Å²) in [5.74, 6) is 3.26. The zero-order valence-corrected chi connectivity index (χ0v) is 15.1. The van der Waals surface area contributed by atoms with Crippen LogP contribution in [0.25, 0.3) is 0 Å². The van der Waals surface area contributed by atoms with Crippen LogP contribution in [0.3, 0.4) is 0 Å². The molecule has 5 nitrogen and oxygen atoms in total. The minimum Gasteiger partial charge on any atom is -0.354 e. The molecule has 1 unspecified atom stereocenters. The molecule has 0 aromatic carbocycles. The molecule has 0 saturated carbocycles. The fraction of sp³-hybridized carbons (Fsp3) is 0.571. The van der Waals surface area contributed by atoms with E-state index in [2.05, 4.69) is 40.5 Å². The predicted octanol–water partition coefficient (Wildman–Crippen LogP) is 1.38. The molecule has 1 rings (SSSR count). The van der Waals surface area contributed by atoms with E-state index in [1.54, 1.807) is 7.05 Å². The average Bonchev–Trinajstić information content (AvgIpc) is 2.61. The van der Waals surface area contributed by atoms with Crippen LogP contribution in [0.2, 0.25) is 0 Å². The number of aromatic nitrogens is 2. The van der Waals surface area contributed by atoms with Gasteiger partial charge in [0.05, 0.1) is 12.2 Å². The van der Waals surface area contributed by atoms with Crippen molar-refractivity contribution in [3.8, 4) is 12.3 Å². The highest BCUT2D eigenvalue weighted by Gasteiger charge is 2.13. The van der Waals surface area contributed by atoms with Gasteiger partial charge in [-0.3, -0.25) is 9.67 Å². The van der Waals surface area contributed by atoms with Crippen molar-refractivity contribution in [2.45, 2.75) is 33.2 Å². The molecule has 112 valence electrons. The number of aliphatic imine (C=N–C) groups is 1. The Balaban J connectivity index is 0.00000361. The fourth-order valence-electron chi connectivity index (χ4n) is 2.03. The molecule has 1 atom stereocenters. The van der Waals surface area contributed by atoms with Gasteiger partial charge in [-0.25, -0.2) is 0 Å². The number of nitrogens with zero attached hydrogens (tertiary/aromatic N) is 3. The van der Waals surface area contributed by atoms with Crippen molar-refractivity contribution in [2.24, 2.45) is 12.0 Å². The Morgan fingerprint density at radius 2 is 2.15 bits per heavy atom. The molecule has 6 heteroatoms. The molecule has 0 amide bonds. The van der Waals surface area contributed by atoms with E-state index in [9.17, 15) is 0 Å². The minimum absolute atomic E-state index is 0. The number of terminal acetylenes is 1. The first kappa shape index (κ1) is 18.8. The van der Waals surface area contributed by atoms with Crippen LogP contribution in [0.4, 0.5) is 0 Å². The Labute approximate surface area is 138 Å². The third kappa shape index (κ3) is 5.04. The van der Waals surface area contributed by atoms with Gasteiger partial charge in [0.25, 0.3) is 0 Å². The molecular weight excluding hydrogens is 365 g/mol. The van der Waals surface area contributed by atoms with Crippen LogP contribution in [-0.4, -0.2) is 35.4 Å². The van der Waals surface area contributed by atoms with Crippen molar-refractivity contribution < 1.29 is 0 Å². The van der Waals surface area contributed by atoms with Crippen LogP contribution in [0.5, 0.6) is 0 Å². The van der Waals surface area contributed by atoms with E-state index in [0.717, 1.165) is 18.1 Å². The number of aryl methyl sites for hydroxylation is 2. The summed E-state index contributed by atoms with van der Waals surface area (Å²) in [6, 6.07) is 0.255. The third-order valence-electron chi connectivity index (χ3n) is 3.13. The molecule has 0 aliphatic carbocycles. The highest BCUT2D eigenvalue weighted by atomic mass is 127. The molecule has 0 radical (unpaired) electrons. The fourth-order valence-corrected chi connectivity index (χ4v) is 2.03. The summed E-state index contributed by atoms with van der Waals surface area (Å²) >= 11 is 0. The Bertz CT molecular complexity index is 498. The second-order valence-electron chi connectivity index (χ2n) is 4.65. The number of guanidine groups is 1.